The van der Waals surface area contributed by atoms with Crippen molar-refractivity contribution in [3.05, 3.63) is 12.4 Å². The average molecular weight is 256 g/mol. The first-order valence-electron chi connectivity index (χ1n) is 5.02. The number of amides is 2. The van der Waals surface area contributed by atoms with Crippen LogP contribution in [0.25, 0.3) is 0 Å². The van der Waals surface area contributed by atoms with E-state index in [0.717, 1.165) is 5.75 Å². The molecule has 0 saturated carbocycles. The summed E-state index contributed by atoms with van der Waals surface area (Å²) < 4.78 is 2.63. The number of carbonyl (C=O) groups is 1. The van der Waals surface area contributed by atoms with Gasteiger partial charge in [-0.05, 0) is 11.9 Å². The second kappa shape index (κ2) is 6.79. The normalized spacial score (nSPS) is 9.76. The van der Waals surface area contributed by atoms with E-state index in [1.54, 1.807) is 19.4 Å². The summed E-state index contributed by atoms with van der Waals surface area (Å²) in [5.41, 5.74) is 5.69. The topological polar surface area (TPSA) is 96.2 Å². The monoisotopic (exact) mass is 256 g/mol. The van der Waals surface area contributed by atoms with Gasteiger partial charge >= 0.3 is 6.03 Å². The zero-order valence-electron chi connectivity index (χ0n) is 9.80. The molecular formula is C9H16N6OS. The lowest BCUT2D eigenvalue weighted by molar-refractivity contribution is 0.248. The summed E-state index contributed by atoms with van der Waals surface area (Å²) in [6, 6.07) is -0.211. The van der Waals surface area contributed by atoms with E-state index in [2.05, 4.69) is 20.0 Å². The number of nitrogen functional groups attached to an aromatic ring is 1. The molecule has 2 amide bonds. The van der Waals surface area contributed by atoms with E-state index < -0.39 is 0 Å². The van der Waals surface area contributed by atoms with E-state index in [-0.39, 0.29) is 6.03 Å². The van der Waals surface area contributed by atoms with Crippen LogP contribution in [0.3, 0.4) is 0 Å². The molecule has 0 aliphatic rings. The molecule has 1 aromatic heterocycles. The highest BCUT2D eigenvalue weighted by molar-refractivity contribution is 7.97. The van der Waals surface area contributed by atoms with Gasteiger partial charge in [0, 0.05) is 38.8 Å². The summed E-state index contributed by atoms with van der Waals surface area (Å²) in [5, 5.41) is 2.47. The Kier molecular flexibility index (Phi) is 5.34. The molecule has 0 bridgehead atoms. The van der Waals surface area contributed by atoms with E-state index in [9.17, 15) is 4.79 Å². The van der Waals surface area contributed by atoms with Gasteiger partial charge in [0.25, 0.3) is 0 Å². The number of hydrogen-bond acceptors (Lipinski definition) is 6. The van der Waals surface area contributed by atoms with Crippen LogP contribution in [0.1, 0.15) is 0 Å². The van der Waals surface area contributed by atoms with Crippen LogP contribution in [0.2, 0.25) is 0 Å². The third kappa shape index (κ3) is 4.35. The maximum atomic E-state index is 10.9. The molecule has 1 rings (SSSR count). The SMILES string of the molecule is CNC(=O)NSCCN(C)c1nccnc1N. The van der Waals surface area contributed by atoms with Crippen molar-refractivity contribution in [2.75, 3.05) is 37.0 Å². The van der Waals surface area contributed by atoms with Crippen molar-refractivity contribution in [3.8, 4) is 0 Å². The van der Waals surface area contributed by atoms with Gasteiger partial charge in [-0.2, -0.15) is 0 Å². The molecular weight excluding hydrogens is 240 g/mol. The van der Waals surface area contributed by atoms with Crippen LogP contribution in [-0.4, -0.2) is 42.4 Å². The fourth-order valence-corrected chi connectivity index (χ4v) is 1.79. The van der Waals surface area contributed by atoms with Gasteiger partial charge in [-0.15, -0.1) is 0 Å². The van der Waals surface area contributed by atoms with Gasteiger partial charge in [0.1, 0.15) is 0 Å². The number of hydrogen-bond donors (Lipinski definition) is 3. The third-order valence-electron chi connectivity index (χ3n) is 1.99. The van der Waals surface area contributed by atoms with Crippen LogP contribution < -0.4 is 20.7 Å². The third-order valence-corrected chi connectivity index (χ3v) is 2.70. The summed E-state index contributed by atoms with van der Waals surface area (Å²) in [4.78, 5) is 20.9. The minimum atomic E-state index is -0.211. The lowest BCUT2D eigenvalue weighted by Crippen LogP contribution is -2.29. The molecule has 0 fully saturated rings. The summed E-state index contributed by atoms with van der Waals surface area (Å²) in [5.74, 6) is 1.77. The van der Waals surface area contributed by atoms with Crippen LogP contribution in [0.15, 0.2) is 12.4 Å². The second-order valence-corrected chi connectivity index (χ2v) is 4.12. The van der Waals surface area contributed by atoms with Crippen molar-refractivity contribution in [2.24, 2.45) is 0 Å². The summed E-state index contributed by atoms with van der Waals surface area (Å²) >= 11 is 1.32. The van der Waals surface area contributed by atoms with Gasteiger partial charge in [-0.1, -0.05) is 0 Å². The van der Waals surface area contributed by atoms with Crippen LogP contribution in [0.4, 0.5) is 16.4 Å². The first kappa shape index (κ1) is 13.4. The number of rotatable bonds is 5. The quantitative estimate of drug-likeness (QED) is 0.510. The van der Waals surface area contributed by atoms with Crippen molar-refractivity contribution in [3.63, 3.8) is 0 Å². The van der Waals surface area contributed by atoms with Crippen LogP contribution in [0, 0.1) is 0 Å². The fraction of sp³-hybridized carbons (Fsp3) is 0.444. The predicted octanol–water partition coefficient (Wildman–Crippen LogP) is 0.0722. The van der Waals surface area contributed by atoms with Crippen molar-refractivity contribution in [1.82, 2.24) is 20.0 Å². The minimum Gasteiger partial charge on any atom is -0.381 e. The molecule has 0 aromatic carbocycles. The Bertz CT molecular complexity index is 374. The lowest BCUT2D eigenvalue weighted by Gasteiger charge is -2.18. The Morgan fingerprint density at radius 3 is 2.88 bits per heavy atom. The van der Waals surface area contributed by atoms with Crippen LogP contribution >= 0.6 is 11.9 Å². The lowest BCUT2D eigenvalue weighted by atomic mass is 10.5. The summed E-state index contributed by atoms with van der Waals surface area (Å²) in [6.07, 6.45) is 3.15. The Morgan fingerprint density at radius 1 is 1.53 bits per heavy atom. The molecule has 0 radical (unpaired) electrons. The molecule has 0 aliphatic heterocycles. The van der Waals surface area contributed by atoms with Gasteiger partial charge in [0.15, 0.2) is 11.6 Å². The second-order valence-electron chi connectivity index (χ2n) is 3.22. The Balaban J connectivity index is 2.33. The molecule has 0 unspecified atom stereocenters. The molecule has 17 heavy (non-hydrogen) atoms. The smallest absolute Gasteiger partial charge is 0.324 e. The largest absolute Gasteiger partial charge is 0.381 e. The highest BCUT2D eigenvalue weighted by Gasteiger charge is 2.07. The number of anilines is 2. The van der Waals surface area contributed by atoms with Crippen molar-refractivity contribution >= 4 is 29.6 Å². The Labute approximate surface area is 104 Å². The number of nitrogens with one attached hydrogen (secondary N) is 2. The number of nitrogens with zero attached hydrogens (tertiary/aromatic N) is 3. The molecule has 0 aliphatic carbocycles. The standard InChI is InChI=1S/C9H16N6OS/c1-11-9(16)14-17-6-5-15(2)8-7(10)12-3-4-13-8/h3-4H,5-6H2,1-2H3,(H2,10,12)(H2,11,14,16). The molecule has 7 nitrogen and oxygen atoms in total. The maximum Gasteiger partial charge on any atom is 0.324 e. The van der Waals surface area contributed by atoms with E-state index in [4.69, 9.17) is 5.73 Å². The fourth-order valence-electron chi connectivity index (χ4n) is 1.09. The maximum absolute atomic E-state index is 10.9. The first-order chi connectivity index (χ1) is 8.15. The number of nitrogens with two attached hydrogens (primary N) is 1. The van der Waals surface area contributed by atoms with Gasteiger partial charge in [-0.3, -0.25) is 4.72 Å². The van der Waals surface area contributed by atoms with Gasteiger partial charge in [0.05, 0.1) is 0 Å². The summed E-state index contributed by atoms with van der Waals surface area (Å²) in [6.45, 7) is 0.706. The van der Waals surface area contributed by atoms with E-state index >= 15 is 0 Å². The van der Waals surface area contributed by atoms with E-state index in [1.807, 2.05) is 11.9 Å². The van der Waals surface area contributed by atoms with Crippen molar-refractivity contribution in [2.45, 2.75) is 0 Å². The van der Waals surface area contributed by atoms with E-state index in [1.165, 1.54) is 11.9 Å². The highest BCUT2D eigenvalue weighted by Crippen LogP contribution is 2.14. The molecule has 0 saturated heterocycles. The molecule has 0 spiro atoms. The molecule has 4 N–H and O–H groups in total. The van der Waals surface area contributed by atoms with E-state index in [0.29, 0.717) is 18.2 Å². The van der Waals surface area contributed by atoms with Crippen LogP contribution in [0.5, 0.6) is 0 Å². The summed E-state index contributed by atoms with van der Waals surface area (Å²) in [7, 11) is 3.45. The number of urea groups is 1. The molecule has 94 valence electrons. The molecule has 0 atom stereocenters. The molecule has 1 aromatic rings. The molecule has 8 heteroatoms. The van der Waals surface area contributed by atoms with Crippen LogP contribution in [-0.2, 0) is 0 Å². The number of carbonyl (C=O) groups excluding carboxylic acids is 1. The predicted molar refractivity (Wildman–Crippen MR) is 69.8 cm³/mol. The Hall–Kier alpha value is -1.70. The number of aromatic nitrogens is 2. The van der Waals surface area contributed by atoms with Gasteiger partial charge in [-0.25, -0.2) is 14.8 Å². The average Bonchev–Trinajstić information content (AvgIpc) is 2.34. The zero-order chi connectivity index (χ0) is 12.7. The van der Waals surface area contributed by atoms with Crippen molar-refractivity contribution < 1.29 is 4.79 Å². The van der Waals surface area contributed by atoms with Gasteiger partial charge in [0.2, 0.25) is 0 Å². The zero-order valence-corrected chi connectivity index (χ0v) is 10.6. The molecule has 1 heterocycles. The first-order valence-corrected chi connectivity index (χ1v) is 6.01. The van der Waals surface area contributed by atoms with Crippen molar-refractivity contribution in [1.29, 1.82) is 0 Å². The highest BCUT2D eigenvalue weighted by atomic mass is 32.2. The van der Waals surface area contributed by atoms with Gasteiger partial charge < -0.3 is 16.0 Å². The minimum absolute atomic E-state index is 0.211. The Morgan fingerprint density at radius 2 is 2.24 bits per heavy atom.